The first kappa shape index (κ1) is 18.2. The van der Waals surface area contributed by atoms with Crippen LogP contribution in [0, 0.1) is 0 Å². The van der Waals surface area contributed by atoms with E-state index in [-0.39, 0.29) is 22.5 Å². The van der Waals surface area contributed by atoms with Crippen LogP contribution in [0.4, 0.5) is 0 Å². The molecule has 0 amide bonds. The molecule has 126 valence electrons. The van der Waals surface area contributed by atoms with Crippen LogP contribution in [0.15, 0.2) is 29.3 Å². The molecule has 9 heteroatoms. The maximum atomic E-state index is 12.9. The van der Waals surface area contributed by atoms with E-state index in [0.29, 0.717) is 42.7 Å². The average molecular weight is 378 g/mol. The number of methoxy groups -OCH3 is 1. The van der Waals surface area contributed by atoms with Gasteiger partial charge in [0.25, 0.3) is 0 Å². The first-order chi connectivity index (χ1) is 10.6. The van der Waals surface area contributed by atoms with Crippen LogP contribution >= 0.6 is 24.0 Å². The molecule has 1 aliphatic rings. The Kier molecular flexibility index (Phi) is 5.70. The number of benzene rings is 1. The summed E-state index contributed by atoms with van der Waals surface area (Å²) < 4.78 is 32.6. The second-order valence-electron chi connectivity index (χ2n) is 4.94. The lowest BCUT2D eigenvalue weighted by atomic mass is 10.1. The van der Waals surface area contributed by atoms with E-state index in [0.717, 1.165) is 0 Å². The van der Waals surface area contributed by atoms with Gasteiger partial charge in [0.15, 0.2) is 0 Å². The SMILES string of the molecule is COc1ccc(S(=O)(=O)N2CCNCC2)c2ccnc(Cl)c12.Cl. The van der Waals surface area contributed by atoms with E-state index >= 15 is 0 Å². The number of hydrogen-bond donors (Lipinski definition) is 1. The van der Waals surface area contributed by atoms with Crippen LogP contribution in [-0.4, -0.2) is 51.0 Å². The van der Waals surface area contributed by atoms with E-state index in [1.165, 1.54) is 17.6 Å². The highest BCUT2D eigenvalue weighted by Gasteiger charge is 2.28. The summed E-state index contributed by atoms with van der Waals surface area (Å²) in [6.07, 6.45) is 1.50. The first-order valence-electron chi connectivity index (χ1n) is 6.88. The molecule has 6 nitrogen and oxygen atoms in total. The van der Waals surface area contributed by atoms with Gasteiger partial charge in [-0.3, -0.25) is 0 Å². The molecule has 2 heterocycles. The van der Waals surface area contributed by atoms with Crippen LogP contribution in [0.3, 0.4) is 0 Å². The van der Waals surface area contributed by atoms with Crippen LogP contribution in [0.2, 0.25) is 5.15 Å². The second-order valence-corrected chi connectivity index (χ2v) is 7.21. The van der Waals surface area contributed by atoms with Crippen molar-refractivity contribution < 1.29 is 13.2 Å². The van der Waals surface area contributed by atoms with Gasteiger partial charge in [0, 0.05) is 37.8 Å². The van der Waals surface area contributed by atoms with Gasteiger partial charge in [0.05, 0.1) is 17.4 Å². The van der Waals surface area contributed by atoms with E-state index < -0.39 is 10.0 Å². The van der Waals surface area contributed by atoms with Gasteiger partial charge in [-0.2, -0.15) is 4.31 Å². The predicted molar refractivity (Wildman–Crippen MR) is 92.2 cm³/mol. The Labute approximate surface area is 146 Å². The number of hydrogen-bond acceptors (Lipinski definition) is 5. The third-order valence-corrected chi connectivity index (χ3v) is 5.96. The molecular weight excluding hydrogens is 361 g/mol. The average Bonchev–Trinajstić information content (AvgIpc) is 2.55. The lowest BCUT2D eigenvalue weighted by Crippen LogP contribution is -2.46. The largest absolute Gasteiger partial charge is 0.496 e. The molecule has 0 atom stereocenters. The Bertz CT molecular complexity index is 808. The van der Waals surface area contributed by atoms with Gasteiger partial charge in [0.2, 0.25) is 10.0 Å². The zero-order valence-electron chi connectivity index (χ0n) is 12.5. The van der Waals surface area contributed by atoms with Gasteiger partial charge in [-0.15, -0.1) is 12.4 Å². The summed E-state index contributed by atoms with van der Waals surface area (Å²) >= 11 is 6.14. The molecule has 1 fully saturated rings. The minimum Gasteiger partial charge on any atom is -0.496 e. The monoisotopic (exact) mass is 377 g/mol. The van der Waals surface area contributed by atoms with Crippen molar-refractivity contribution in [2.75, 3.05) is 33.3 Å². The number of aromatic nitrogens is 1. The Morgan fingerprint density at radius 1 is 1.26 bits per heavy atom. The van der Waals surface area contributed by atoms with E-state index in [1.54, 1.807) is 18.2 Å². The van der Waals surface area contributed by atoms with Crippen molar-refractivity contribution >= 4 is 44.8 Å². The van der Waals surface area contributed by atoms with E-state index in [2.05, 4.69) is 10.3 Å². The third-order valence-electron chi connectivity index (χ3n) is 3.72. The topological polar surface area (TPSA) is 71.5 Å². The van der Waals surface area contributed by atoms with Crippen molar-refractivity contribution in [2.24, 2.45) is 0 Å². The predicted octanol–water partition coefficient (Wildman–Crippen LogP) is 1.91. The molecule has 0 bridgehead atoms. The van der Waals surface area contributed by atoms with Gasteiger partial charge >= 0.3 is 0 Å². The first-order valence-corrected chi connectivity index (χ1v) is 8.69. The summed E-state index contributed by atoms with van der Waals surface area (Å²) in [5.41, 5.74) is 0. The summed E-state index contributed by atoms with van der Waals surface area (Å²) in [4.78, 5) is 4.25. The van der Waals surface area contributed by atoms with Crippen molar-refractivity contribution in [3.05, 3.63) is 29.5 Å². The van der Waals surface area contributed by atoms with E-state index in [1.807, 2.05) is 0 Å². The molecule has 2 aromatic rings. The smallest absolute Gasteiger partial charge is 0.243 e. The van der Waals surface area contributed by atoms with Crippen LogP contribution in [0.5, 0.6) is 5.75 Å². The molecule has 0 unspecified atom stereocenters. The standard InChI is InChI=1S/C14H16ClN3O3S.ClH/c1-21-11-2-3-12(10-4-5-17-14(15)13(10)11)22(19,20)18-8-6-16-7-9-18;/h2-5,16H,6-9H2,1H3;1H. The number of halogens is 2. The number of ether oxygens (including phenoxy) is 1. The summed E-state index contributed by atoms with van der Waals surface area (Å²) in [5.74, 6) is 0.507. The van der Waals surface area contributed by atoms with Crippen molar-refractivity contribution in [1.29, 1.82) is 0 Å². The summed E-state index contributed by atoms with van der Waals surface area (Å²) in [6, 6.07) is 4.83. The number of sulfonamides is 1. The zero-order chi connectivity index (χ0) is 15.7. The quantitative estimate of drug-likeness (QED) is 0.827. The molecule has 1 aromatic carbocycles. The summed E-state index contributed by atoms with van der Waals surface area (Å²) in [7, 11) is -2.06. The van der Waals surface area contributed by atoms with Crippen molar-refractivity contribution in [2.45, 2.75) is 4.90 Å². The maximum Gasteiger partial charge on any atom is 0.243 e. The van der Waals surface area contributed by atoms with Crippen molar-refractivity contribution in [3.63, 3.8) is 0 Å². The molecule has 0 spiro atoms. The van der Waals surface area contributed by atoms with Gasteiger partial charge in [0.1, 0.15) is 10.9 Å². The Morgan fingerprint density at radius 3 is 2.61 bits per heavy atom. The minimum absolute atomic E-state index is 0. The molecule has 1 saturated heterocycles. The van der Waals surface area contributed by atoms with Gasteiger partial charge in [-0.05, 0) is 18.2 Å². The second kappa shape index (κ2) is 7.19. The fourth-order valence-electron chi connectivity index (χ4n) is 2.62. The minimum atomic E-state index is -3.58. The van der Waals surface area contributed by atoms with Crippen LogP contribution in [0.25, 0.3) is 10.8 Å². The fraction of sp³-hybridized carbons (Fsp3) is 0.357. The number of fused-ring (bicyclic) bond motifs is 1. The number of pyridine rings is 1. The Morgan fingerprint density at radius 2 is 1.96 bits per heavy atom. The highest BCUT2D eigenvalue weighted by atomic mass is 35.5. The van der Waals surface area contributed by atoms with Gasteiger partial charge in [-0.1, -0.05) is 11.6 Å². The molecule has 0 radical (unpaired) electrons. The van der Waals surface area contributed by atoms with Gasteiger partial charge in [-0.25, -0.2) is 13.4 Å². The number of nitrogens with one attached hydrogen (secondary N) is 1. The number of piperazine rings is 1. The van der Waals surface area contributed by atoms with Crippen LogP contribution in [0.1, 0.15) is 0 Å². The van der Waals surface area contributed by atoms with Crippen LogP contribution < -0.4 is 10.1 Å². The lowest BCUT2D eigenvalue weighted by Gasteiger charge is -2.27. The zero-order valence-corrected chi connectivity index (χ0v) is 14.8. The Balaban J connectivity index is 0.00000192. The molecule has 1 aliphatic heterocycles. The molecular formula is C14H17Cl2N3O3S. The van der Waals surface area contributed by atoms with Crippen molar-refractivity contribution in [3.8, 4) is 5.75 Å². The van der Waals surface area contributed by atoms with Crippen LogP contribution in [-0.2, 0) is 10.0 Å². The van der Waals surface area contributed by atoms with Crippen molar-refractivity contribution in [1.82, 2.24) is 14.6 Å². The Hall–Kier alpha value is -1.12. The highest BCUT2D eigenvalue weighted by Crippen LogP contribution is 2.35. The third kappa shape index (κ3) is 3.25. The molecule has 3 rings (SSSR count). The van der Waals surface area contributed by atoms with Gasteiger partial charge < -0.3 is 10.1 Å². The molecule has 0 aliphatic carbocycles. The molecule has 1 N–H and O–H groups in total. The fourth-order valence-corrected chi connectivity index (χ4v) is 4.50. The number of rotatable bonds is 3. The molecule has 0 saturated carbocycles. The maximum absolute atomic E-state index is 12.9. The van der Waals surface area contributed by atoms with E-state index in [4.69, 9.17) is 16.3 Å². The lowest BCUT2D eigenvalue weighted by molar-refractivity contribution is 0.360. The normalized spacial score (nSPS) is 16.1. The summed E-state index contributed by atoms with van der Waals surface area (Å²) in [6.45, 7) is 2.20. The summed E-state index contributed by atoms with van der Waals surface area (Å²) in [5, 5.41) is 4.42. The molecule has 23 heavy (non-hydrogen) atoms. The molecule has 1 aromatic heterocycles. The van der Waals surface area contributed by atoms with E-state index in [9.17, 15) is 8.42 Å². The highest BCUT2D eigenvalue weighted by molar-refractivity contribution is 7.89. The number of nitrogens with zero attached hydrogens (tertiary/aromatic N) is 2.